The van der Waals surface area contributed by atoms with Crippen LogP contribution in [-0.2, 0) is 0 Å². The van der Waals surface area contributed by atoms with Crippen LogP contribution in [0.1, 0.15) is 13.8 Å². The number of nitrogens with two attached hydrogens (primary N) is 2. The minimum atomic E-state index is 0.750. The van der Waals surface area contributed by atoms with Crippen molar-refractivity contribution in [3.63, 3.8) is 0 Å². The fourth-order valence-electron chi connectivity index (χ4n) is 0. The summed E-state index contributed by atoms with van der Waals surface area (Å²) in [5.74, 6) is 0. The van der Waals surface area contributed by atoms with E-state index in [0.717, 1.165) is 13.1 Å². The third-order valence-corrected chi connectivity index (χ3v) is 0. The highest BCUT2D eigenvalue weighted by Crippen LogP contribution is 1.79. The fraction of sp³-hybridized carbons (Fsp3) is 1.00. The maximum Gasteiger partial charge on any atom is -0.00890 e. The second-order valence-corrected chi connectivity index (χ2v) is 1.98. The maximum absolute atomic E-state index is 4.85. The molecule has 0 saturated heterocycles. The molecular weight excluding hydrogens is 152 g/mol. The number of hydrogen-bond donors (Lipinski definition) is 2. The van der Waals surface area contributed by atoms with Gasteiger partial charge in [0.2, 0.25) is 0 Å². The Kier molecular flexibility index (Phi) is 71.0. The first-order valence-electron chi connectivity index (χ1n) is 2.71. The lowest BCUT2D eigenvalue weighted by molar-refractivity contribution is 1.14. The smallest absolute Gasteiger partial charge is 0.00890 e. The van der Waals surface area contributed by atoms with Gasteiger partial charge in [-0.2, -0.15) is 0 Å². The van der Waals surface area contributed by atoms with Gasteiger partial charge in [0.05, 0.1) is 0 Å². The largest absolute Gasteiger partial charge is 0.331 e. The van der Waals surface area contributed by atoms with E-state index < -0.39 is 0 Å². The first kappa shape index (κ1) is 16.2. The Bertz CT molecular complexity index is 33.0. The zero-order valence-electron chi connectivity index (χ0n) is 6.09. The molecule has 9 heavy (non-hydrogen) atoms. The Balaban J connectivity index is -0.0000000600. The fourth-order valence-corrected chi connectivity index (χ4v) is 0. The Morgan fingerprint density at radius 2 is 1.33 bits per heavy atom. The Morgan fingerprint density at radius 1 is 1.33 bits per heavy atom. The highest BCUT2D eigenvalue weighted by Gasteiger charge is 1.33. The summed E-state index contributed by atoms with van der Waals surface area (Å²) in [5, 5.41) is 0. The molecule has 0 saturated carbocycles. The van der Waals surface area contributed by atoms with E-state index >= 15 is 0 Å². The van der Waals surface area contributed by atoms with E-state index in [1.54, 1.807) is 0 Å². The van der Waals surface area contributed by atoms with Gasteiger partial charge in [0.25, 0.3) is 0 Å². The van der Waals surface area contributed by atoms with Gasteiger partial charge in [-0.15, -0.1) is 0 Å². The summed E-state index contributed by atoms with van der Waals surface area (Å²) in [4.78, 5) is 0. The van der Waals surface area contributed by atoms with Gasteiger partial charge >= 0.3 is 0 Å². The van der Waals surface area contributed by atoms with Crippen LogP contribution >= 0.6 is 18.4 Å². The second-order valence-electron chi connectivity index (χ2n) is 0.946. The summed E-state index contributed by atoms with van der Waals surface area (Å²) >= 11 is 0. The molecule has 0 spiro atoms. The summed E-state index contributed by atoms with van der Waals surface area (Å²) in [6.45, 7) is 5.31. The molecule has 0 aromatic rings. The standard InChI is InChI=1S/2C2H7N.H3NP2/c2*1-2-3;2-1-3/h2*2-3H2,1H3;2H,3H2. The van der Waals surface area contributed by atoms with Crippen LogP contribution in [0.4, 0.5) is 0 Å². The molecule has 0 rings (SSSR count). The molecule has 4 N–H and O–H groups in total. The molecular formula is C4H17N3P2. The molecule has 1 atom stereocenters. The topological polar surface area (TPSA) is 64.4 Å². The van der Waals surface area contributed by atoms with Crippen LogP contribution < -0.4 is 11.5 Å². The summed E-state index contributed by atoms with van der Waals surface area (Å²) < 4.78 is 3.22. The van der Waals surface area contributed by atoms with Crippen molar-refractivity contribution in [2.24, 2.45) is 16.0 Å². The van der Waals surface area contributed by atoms with Crippen molar-refractivity contribution in [3.05, 3.63) is 0 Å². The van der Waals surface area contributed by atoms with Crippen LogP contribution in [0.15, 0.2) is 4.52 Å². The van der Waals surface area contributed by atoms with Crippen molar-refractivity contribution in [1.29, 1.82) is 0 Å². The van der Waals surface area contributed by atoms with E-state index in [1.165, 1.54) is 0 Å². The van der Waals surface area contributed by atoms with Gasteiger partial charge < -0.3 is 11.5 Å². The van der Waals surface area contributed by atoms with Crippen LogP contribution in [0.2, 0.25) is 0 Å². The number of nitrogens with zero attached hydrogens (tertiary/aromatic N) is 1. The summed E-state index contributed by atoms with van der Waals surface area (Å²) in [6.07, 6.45) is 0. The molecule has 0 bridgehead atoms. The SMILES string of the molecule is CCN.CCN.P=NP. The summed E-state index contributed by atoms with van der Waals surface area (Å²) in [7, 11) is 4.89. The van der Waals surface area contributed by atoms with E-state index in [4.69, 9.17) is 11.5 Å². The van der Waals surface area contributed by atoms with Crippen LogP contribution in [0, 0.1) is 0 Å². The molecule has 1 unspecified atom stereocenters. The molecule has 0 aromatic carbocycles. The lowest BCUT2D eigenvalue weighted by atomic mass is 10.8. The van der Waals surface area contributed by atoms with E-state index in [9.17, 15) is 0 Å². The van der Waals surface area contributed by atoms with Crippen LogP contribution in [-0.4, -0.2) is 13.1 Å². The summed E-state index contributed by atoms with van der Waals surface area (Å²) in [6, 6.07) is 0. The average Bonchev–Trinajstić information content (AvgIpc) is 1.70. The zero-order valence-corrected chi connectivity index (χ0v) is 8.25. The van der Waals surface area contributed by atoms with Gasteiger partial charge in [-0.25, -0.2) is 0 Å². The van der Waals surface area contributed by atoms with Crippen molar-refractivity contribution in [2.45, 2.75) is 13.8 Å². The van der Waals surface area contributed by atoms with E-state index in [0.29, 0.717) is 0 Å². The monoisotopic (exact) mass is 169 g/mol. The molecule has 0 aliphatic rings. The van der Waals surface area contributed by atoms with Gasteiger partial charge in [-0.3, -0.25) is 4.52 Å². The van der Waals surface area contributed by atoms with Crippen LogP contribution in [0.5, 0.6) is 0 Å². The number of hydrogen-bond acceptors (Lipinski definition) is 3. The first-order valence-corrected chi connectivity index (χ1v) is 3.68. The molecule has 0 aromatic heterocycles. The van der Waals surface area contributed by atoms with E-state index in [-0.39, 0.29) is 0 Å². The van der Waals surface area contributed by atoms with E-state index in [1.807, 2.05) is 13.8 Å². The lowest BCUT2D eigenvalue weighted by Gasteiger charge is -1.53. The third kappa shape index (κ3) is 1740. The van der Waals surface area contributed by atoms with Crippen molar-refractivity contribution in [1.82, 2.24) is 0 Å². The molecule has 0 heterocycles. The Hall–Kier alpha value is 0.450. The van der Waals surface area contributed by atoms with Gasteiger partial charge in [-0.05, 0) is 31.5 Å². The van der Waals surface area contributed by atoms with Crippen molar-refractivity contribution in [3.8, 4) is 0 Å². The molecule has 58 valence electrons. The molecule has 0 aliphatic carbocycles. The second kappa shape index (κ2) is 39.4. The van der Waals surface area contributed by atoms with Crippen molar-refractivity contribution >= 4 is 18.4 Å². The molecule has 0 amide bonds. The van der Waals surface area contributed by atoms with Crippen molar-refractivity contribution in [2.75, 3.05) is 13.1 Å². The maximum atomic E-state index is 4.85. The Morgan fingerprint density at radius 3 is 1.33 bits per heavy atom. The highest BCUT2D eigenvalue weighted by molar-refractivity contribution is 7.23. The van der Waals surface area contributed by atoms with Crippen molar-refractivity contribution < 1.29 is 0 Å². The number of rotatable bonds is 0. The van der Waals surface area contributed by atoms with Gasteiger partial charge in [-0.1, -0.05) is 13.8 Å². The van der Waals surface area contributed by atoms with Gasteiger partial charge in [0.1, 0.15) is 0 Å². The quantitative estimate of drug-likeness (QED) is 0.532. The molecule has 0 aliphatic heterocycles. The summed E-state index contributed by atoms with van der Waals surface area (Å²) in [5.41, 5.74) is 9.69. The van der Waals surface area contributed by atoms with Crippen LogP contribution in [0.3, 0.4) is 0 Å². The molecule has 0 fully saturated rings. The zero-order chi connectivity index (χ0) is 8.12. The average molecular weight is 169 g/mol. The minimum absolute atomic E-state index is 0.750. The lowest BCUT2D eigenvalue weighted by Crippen LogP contribution is -1.87. The molecule has 0 radical (unpaired) electrons. The predicted molar refractivity (Wildman–Crippen MR) is 49.9 cm³/mol. The first-order chi connectivity index (χ1) is 4.24. The predicted octanol–water partition coefficient (Wildman–Crippen LogP) is 1.03. The Labute approximate surface area is 62.1 Å². The molecule has 5 heteroatoms. The van der Waals surface area contributed by atoms with E-state index in [2.05, 4.69) is 22.9 Å². The van der Waals surface area contributed by atoms with Gasteiger partial charge in [0.15, 0.2) is 0 Å². The normalized spacial score (nSPS) is 5.44. The van der Waals surface area contributed by atoms with Gasteiger partial charge in [0, 0.05) is 0 Å². The minimum Gasteiger partial charge on any atom is -0.331 e. The third-order valence-electron chi connectivity index (χ3n) is 0. The molecule has 3 nitrogen and oxygen atoms in total. The van der Waals surface area contributed by atoms with Crippen LogP contribution in [0.25, 0.3) is 0 Å². The highest BCUT2D eigenvalue weighted by atomic mass is 31.1.